The zero-order chi connectivity index (χ0) is 21.3. The van der Waals surface area contributed by atoms with Crippen LogP contribution < -0.4 is 15.0 Å². The van der Waals surface area contributed by atoms with Crippen molar-refractivity contribution >= 4 is 40.9 Å². The monoisotopic (exact) mass is 447 g/mol. The quantitative estimate of drug-likeness (QED) is 0.629. The average molecular weight is 448 g/mol. The normalized spacial score (nSPS) is 13.8. The van der Waals surface area contributed by atoms with Crippen molar-refractivity contribution < 1.29 is 14.3 Å². The molecule has 0 radical (unpaired) electrons. The fraction of sp³-hybridized carbons (Fsp3) is 0.364. The van der Waals surface area contributed by atoms with E-state index in [0.717, 1.165) is 29.4 Å². The van der Waals surface area contributed by atoms with Gasteiger partial charge in [0.25, 0.3) is 0 Å². The van der Waals surface area contributed by atoms with Crippen LogP contribution in [0.1, 0.15) is 6.92 Å². The van der Waals surface area contributed by atoms with Gasteiger partial charge in [-0.15, -0.1) is 11.8 Å². The fourth-order valence-corrected chi connectivity index (χ4v) is 4.00. The highest BCUT2D eigenvalue weighted by Gasteiger charge is 2.21. The SMILES string of the molecule is CCOc1ccc(SCC(=O)NCC(=O)N2CCN(c3ccc(Cl)cc3)CC2)cc1. The number of ether oxygens (including phenoxy) is 1. The molecule has 0 aromatic heterocycles. The molecule has 1 heterocycles. The topological polar surface area (TPSA) is 61.9 Å². The van der Waals surface area contributed by atoms with Crippen molar-refractivity contribution in [2.24, 2.45) is 0 Å². The lowest BCUT2D eigenvalue weighted by Crippen LogP contribution is -2.51. The van der Waals surface area contributed by atoms with Crippen LogP contribution in [-0.2, 0) is 9.59 Å². The molecule has 160 valence electrons. The Morgan fingerprint density at radius 1 is 1.03 bits per heavy atom. The predicted octanol–water partition coefficient (Wildman–Crippen LogP) is 3.30. The Kier molecular flexibility index (Phi) is 8.28. The second kappa shape index (κ2) is 11.1. The van der Waals surface area contributed by atoms with Crippen molar-refractivity contribution in [3.63, 3.8) is 0 Å². The maximum absolute atomic E-state index is 12.4. The Morgan fingerprint density at radius 2 is 1.70 bits per heavy atom. The number of anilines is 1. The first kappa shape index (κ1) is 22.3. The molecule has 0 atom stereocenters. The van der Waals surface area contributed by atoms with E-state index in [9.17, 15) is 9.59 Å². The number of rotatable bonds is 8. The molecule has 0 spiro atoms. The zero-order valence-corrected chi connectivity index (χ0v) is 18.5. The van der Waals surface area contributed by atoms with E-state index in [1.165, 1.54) is 11.8 Å². The number of carbonyl (C=O) groups is 2. The molecule has 1 fully saturated rings. The van der Waals surface area contributed by atoms with Gasteiger partial charge in [0.05, 0.1) is 18.9 Å². The van der Waals surface area contributed by atoms with Crippen molar-refractivity contribution in [3.05, 3.63) is 53.6 Å². The van der Waals surface area contributed by atoms with Gasteiger partial charge in [0, 0.05) is 41.8 Å². The molecular formula is C22H26ClN3O3S. The molecule has 1 saturated heterocycles. The summed E-state index contributed by atoms with van der Waals surface area (Å²) in [5.41, 5.74) is 1.10. The van der Waals surface area contributed by atoms with Gasteiger partial charge in [0.2, 0.25) is 11.8 Å². The largest absolute Gasteiger partial charge is 0.494 e. The van der Waals surface area contributed by atoms with Gasteiger partial charge >= 0.3 is 0 Å². The van der Waals surface area contributed by atoms with Crippen LogP contribution in [0.5, 0.6) is 5.75 Å². The van der Waals surface area contributed by atoms with Crippen LogP contribution >= 0.6 is 23.4 Å². The summed E-state index contributed by atoms with van der Waals surface area (Å²) >= 11 is 7.37. The summed E-state index contributed by atoms with van der Waals surface area (Å²) in [5, 5.41) is 3.44. The van der Waals surface area contributed by atoms with Gasteiger partial charge in [-0.2, -0.15) is 0 Å². The van der Waals surface area contributed by atoms with Crippen molar-refractivity contribution in [1.82, 2.24) is 10.2 Å². The molecular weight excluding hydrogens is 422 g/mol. The number of nitrogens with zero attached hydrogens (tertiary/aromatic N) is 2. The molecule has 0 aliphatic carbocycles. The van der Waals surface area contributed by atoms with Crippen molar-refractivity contribution in [3.8, 4) is 5.75 Å². The second-order valence-electron chi connectivity index (χ2n) is 6.81. The molecule has 1 N–H and O–H groups in total. The highest BCUT2D eigenvalue weighted by atomic mass is 35.5. The first-order valence-corrected chi connectivity index (χ1v) is 11.3. The van der Waals surface area contributed by atoms with Crippen molar-refractivity contribution in [2.45, 2.75) is 11.8 Å². The molecule has 0 saturated carbocycles. The summed E-state index contributed by atoms with van der Waals surface area (Å²) in [6.07, 6.45) is 0. The summed E-state index contributed by atoms with van der Waals surface area (Å²) in [7, 11) is 0. The molecule has 0 unspecified atom stereocenters. The highest BCUT2D eigenvalue weighted by molar-refractivity contribution is 8.00. The van der Waals surface area contributed by atoms with E-state index in [1.807, 2.05) is 55.5 Å². The number of amides is 2. The third kappa shape index (κ3) is 6.57. The van der Waals surface area contributed by atoms with Gasteiger partial charge in [0.15, 0.2) is 0 Å². The van der Waals surface area contributed by atoms with Gasteiger partial charge in [-0.05, 0) is 55.5 Å². The summed E-state index contributed by atoms with van der Waals surface area (Å²) in [4.78, 5) is 29.5. The number of hydrogen-bond acceptors (Lipinski definition) is 5. The van der Waals surface area contributed by atoms with E-state index in [1.54, 1.807) is 4.90 Å². The molecule has 3 rings (SSSR count). The number of nitrogens with one attached hydrogen (secondary N) is 1. The number of carbonyl (C=O) groups excluding carboxylic acids is 2. The van der Waals surface area contributed by atoms with Gasteiger partial charge in [-0.3, -0.25) is 9.59 Å². The molecule has 1 aliphatic rings. The minimum absolute atomic E-state index is 0.0314. The van der Waals surface area contributed by atoms with Gasteiger partial charge in [0.1, 0.15) is 5.75 Å². The molecule has 6 nitrogen and oxygen atoms in total. The Balaban J connectivity index is 1.36. The van der Waals surface area contributed by atoms with E-state index >= 15 is 0 Å². The lowest BCUT2D eigenvalue weighted by Gasteiger charge is -2.36. The maximum atomic E-state index is 12.4. The molecule has 8 heteroatoms. The first-order chi connectivity index (χ1) is 14.5. The third-order valence-corrected chi connectivity index (χ3v) is 6.03. The summed E-state index contributed by atoms with van der Waals surface area (Å²) in [5.74, 6) is 0.881. The molecule has 2 aromatic rings. The molecule has 0 bridgehead atoms. The standard InChI is InChI=1S/C22H26ClN3O3S/c1-2-29-19-7-9-20(10-8-19)30-16-21(27)24-15-22(28)26-13-11-25(12-14-26)18-5-3-17(23)4-6-18/h3-10H,2,11-16H2,1H3,(H,24,27). The van der Waals surface area contributed by atoms with Gasteiger partial charge in [-0.25, -0.2) is 0 Å². The van der Waals surface area contributed by atoms with Crippen LogP contribution in [0.25, 0.3) is 0 Å². The predicted molar refractivity (Wildman–Crippen MR) is 122 cm³/mol. The summed E-state index contributed by atoms with van der Waals surface area (Å²) in [6.45, 7) is 5.39. The van der Waals surface area contributed by atoms with E-state index in [4.69, 9.17) is 16.3 Å². The number of halogens is 1. The lowest BCUT2D eigenvalue weighted by atomic mass is 10.2. The summed E-state index contributed by atoms with van der Waals surface area (Å²) < 4.78 is 5.41. The summed E-state index contributed by atoms with van der Waals surface area (Å²) in [6, 6.07) is 15.3. The molecule has 2 aromatic carbocycles. The third-order valence-electron chi connectivity index (χ3n) is 4.77. The number of benzene rings is 2. The number of hydrogen-bond donors (Lipinski definition) is 1. The minimum Gasteiger partial charge on any atom is -0.494 e. The first-order valence-electron chi connectivity index (χ1n) is 9.96. The van der Waals surface area contributed by atoms with Crippen LogP contribution in [0.15, 0.2) is 53.4 Å². The van der Waals surface area contributed by atoms with E-state index in [-0.39, 0.29) is 24.1 Å². The van der Waals surface area contributed by atoms with E-state index < -0.39 is 0 Å². The maximum Gasteiger partial charge on any atom is 0.242 e. The van der Waals surface area contributed by atoms with E-state index in [0.29, 0.717) is 24.7 Å². The second-order valence-corrected chi connectivity index (χ2v) is 8.30. The highest BCUT2D eigenvalue weighted by Crippen LogP contribution is 2.21. The van der Waals surface area contributed by atoms with E-state index in [2.05, 4.69) is 10.2 Å². The Labute approximate surface area is 186 Å². The Morgan fingerprint density at radius 3 is 2.33 bits per heavy atom. The lowest BCUT2D eigenvalue weighted by molar-refractivity contribution is -0.132. The Bertz CT molecular complexity index is 838. The average Bonchev–Trinajstić information content (AvgIpc) is 2.78. The van der Waals surface area contributed by atoms with Gasteiger partial charge in [-0.1, -0.05) is 11.6 Å². The molecule has 30 heavy (non-hydrogen) atoms. The van der Waals surface area contributed by atoms with Gasteiger partial charge < -0.3 is 19.9 Å². The molecule has 1 aliphatic heterocycles. The minimum atomic E-state index is -0.151. The zero-order valence-electron chi connectivity index (χ0n) is 17.0. The number of piperazine rings is 1. The van der Waals surface area contributed by atoms with Crippen LogP contribution in [0.3, 0.4) is 0 Å². The van der Waals surface area contributed by atoms with Crippen molar-refractivity contribution in [1.29, 1.82) is 0 Å². The van der Waals surface area contributed by atoms with Crippen molar-refractivity contribution in [2.75, 3.05) is 50.0 Å². The number of thioether (sulfide) groups is 1. The Hall–Kier alpha value is -2.38. The van der Waals surface area contributed by atoms with Crippen LogP contribution in [0.4, 0.5) is 5.69 Å². The fourth-order valence-electron chi connectivity index (χ4n) is 3.15. The van der Waals surface area contributed by atoms with Crippen LogP contribution in [0.2, 0.25) is 5.02 Å². The van der Waals surface area contributed by atoms with Crippen LogP contribution in [0, 0.1) is 0 Å². The van der Waals surface area contributed by atoms with Crippen LogP contribution in [-0.4, -0.2) is 61.8 Å². The molecule has 2 amide bonds. The smallest absolute Gasteiger partial charge is 0.242 e.